The normalized spacial score (nSPS) is 12.2. The summed E-state index contributed by atoms with van der Waals surface area (Å²) in [4.78, 5) is 11.8. The number of amides is 1. The molecular weight excluding hydrogens is 252 g/mol. The Bertz CT molecular complexity index is 417. The van der Waals surface area contributed by atoms with E-state index >= 15 is 0 Å². The van der Waals surface area contributed by atoms with Crippen molar-refractivity contribution in [1.29, 1.82) is 0 Å². The Labute approximate surface area is 121 Å². The van der Waals surface area contributed by atoms with Crippen molar-refractivity contribution in [2.75, 3.05) is 11.9 Å². The van der Waals surface area contributed by atoms with Gasteiger partial charge in [0.25, 0.3) is 0 Å². The molecule has 1 unspecified atom stereocenters. The molecule has 1 amide bonds. The first-order valence-corrected chi connectivity index (χ1v) is 7.25. The van der Waals surface area contributed by atoms with Gasteiger partial charge in [0.05, 0.1) is 6.61 Å². The van der Waals surface area contributed by atoms with Crippen LogP contribution in [-0.4, -0.2) is 18.6 Å². The van der Waals surface area contributed by atoms with Crippen LogP contribution in [0.4, 0.5) is 5.69 Å². The zero-order valence-corrected chi connectivity index (χ0v) is 12.7. The van der Waals surface area contributed by atoms with Crippen LogP contribution in [0.15, 0.2) is 24.3 Å². The lowest BCUT2D eigenvalue weighted by atomic mass is 10.1. The summed E-state index contributed by atoms with van der Waals surface area (Å²) in [6.45, 7) is 6.83. The first-order chi connectivity index (χ1) is 9.47. The lowest BCUT2D eigenvalue weighted by molar-refractivity contribution is -0.116. The van der Waals surface area contributed by atoms with Crippen LogP contribution in [0.5, 0.6) is 5.75 Å². The van der Waals surface area contributed by atoms with Gasteiger partial charge in [0.2, 0.25) is 5.91 Å². The number of carbonyl (C=O) groups is 1. The summed E-state index contributed by atoms with van der Waals surface area (Å²) in [6.07, 6.45) is 2.18. The van der Waals surface area contributed by atoms with E-state index in [1.54, 1.807) is 0 Å². The van der Waals surface area contributed by atoms with Crippen LogP contribution >= 0.6 is 0 Å². The Balaban J connectivity index is 2.42. The van der Waals surface area contributed by atoms with Crippen LogP contribution in [0.25, 0.3) is 0 Å². The molecule has 0 bridgehead atoms. The first kappa shape index (κ1) is 16.5. The first-order valence-electron chi connectivity index (χ1n) is 7.25. The molecule has 1 aromatic rings. The van der Waals surface area contributed by atoms with Gasteiger partial charge >= 0.3 is 0 Å². The number of benzene rings is 1. The molecule has 1 rings (SSSR count). The van der Waals surface area contributed by atoms with Gasteiger partial charge in [-0.1, -0.05) is 19.9 Å². The van der Waals surface area contributed by atoms with Crippen LogP contribution < -0.4 is 15.8 Å². The molecule has 0 aromatic heterocycles. The highest BCUT2D eigenvalue weighted by molar-refractivity contribution is 5.90. The van der Waals surface area contributed by atoms with Gasteiger partial charge in [-0.2, -0.15) is 0 Å². The highest BCUT2D eigenvalue weighted by Crippen LogP contribution is 2.18. The van der Waals surface area contributed by atoms with E-state index in [1.807, 2.05) is 31.2 Å². The van der Waals surface area contributed by atoms with Gasteiger partial charge in [0.1, 0.15) is 5.75 Å². The highest BCUT2D eigenvalue weighted by atomic mass is 16.5. The number of hydrogen-bond acceptors (Lipinski definition) is 3. The molecule has 0 aliphatic heterocycles. The zero-order chi connectivity index (χ0) is 15.0. The Morgan fingerprint density at radius 1 is 1.35 bits per heavy atom. The van der Waals surface area contributed by atoms with Crippen LogP contribution in [0, 0.1) is 5.92 Å². The molecule has 20 heavy (non-hydrogen) atoms. The standard InChI is InChI=1S/C16H26N2O2/c1-12(2)11-20-15-8-5-7-14(10-15)18-16(19)9-4-6-13(3)17/h5,7-8,10,12-13H,4,6,9,11,17H2,1-3H3,(H,18,19). The van der Waals surface area contributed by atoms with Crippen LogP contribution in [0.1, 0.15) is 40.0 Å². The molecule has 112 valence electrons. The van der Waals surface area contributed by atoms with E-state index in [1.165, 1.54) is 0 Å². The fourth-order valence-electron chi connectivity index (χ4n) is 1.73. The molecule has 0 radical (unpaired) electrons. The maximum Gasteiger partial charge on any atom is 0.224 e. The maximum atomic E-state index is 11.8. The molecule has 0 aliphatic rings. The van der Waals surface area contributed by atoms with Gasteiger partial charge in [-0.25, -0.2) is 0 Å². The number of nitrogens with two attached hydrogens (primary N) is 1. The highest BCUT2D eigenvalue weighted by Gasteiger charge is 2.05. The summed E-state index contributed by atoms with van der Waals surface area (Å²) < 4.78 is 5.63. The van der Waals surface area contributed by atoms with Crippen molar-refractivity contribution in [2.45, 2.75) is 46.1 Å². The molecule has 4 heteroatoms. The summed E-state index contributed by atoms with van der Waals surface area (Å²) in [5.41, 5.74) is 6.44. The van der Waals surface area contributed by atoms with Gasteiger partial charge in [0.15, 0.2) is 0 Å². The fourth-order valence-corrected chi connectivity index (χ4v) is 1.73. The van der Waals surface area contributed by atoms with Crippen molar-refractivity contribution in [1.82, 2.24) is 0 Å². The number of carbonyl (C=O) groups excluding carboxylic acids is 1. The van der Waals surface area contributed by atoms with E-state index in [0.717, 1.165) is 24.3 Å². The maximum absolute atomic E-state index is 11.8. The minimum Gasteiger partial charge on any atom is -0.493 e. The molecule has 3 N–H and O–H groups in total. The predicted octanol–water partition coefficient (Wildman–Crippen LogP) is 3.18. The van der Waals surface area contributed by atoms with Gasteiger partial charge < -0.3 is 15.8 Å². The number of rotatable bonds is 8. The fraction of sp³-hybridized carbons (Fsp3) is 0.562. The molecule has 0 spiro atoms. The lowest BCUT2D eigenvalue weighted by Crippen LogP contribution is -2.16. The smallest absolute Gasteiger partial charge is 0.224 e. The topological polar surface area (TPSA) is 64.3 Å². The second-order valence-electron chi connectivity index (χ2n) is 5.65. The Morgan fingerprint density at radius 2 is 2.10 bits per heavy atom. The molecule has 0 heterocycles. The van der Waals surface area contributed by atoms with Gasteiger partial charge in [0, 0.05) is 24.2 Å². The summed E-state index contributed by atoms with van der Waals surface area (Å²) >= 11 is 0. The average molecular weight is 278 g/mol. The van der Waals surface area contributed by atoms with Crippen LogP contribution in [-0.2, 0) is 4.79 Å². The van der Waals surface area contributed by atoms with E-state index in [-0.39, 0.29) is 11.9 Å². The van der Waals surface area contributed by atoms with Crippen molar-refractivity contribution in [2.24, 2.45) is 11.7 Å². The quantitative estimate of drug-likeness (QED) is 0.767. The van der Waals surface area contributed by atoms with E-state index in [2.05, 4.69) is 19.2 Å². The van der Waals surface area contributed by atoms with Crippen molar-refractivity contribution in [3.8, 4) is 5.75 Å². The van der Waals surface area contributed by atoms with E-state index < -0.39 is 0 Å². The van der Waals surface area contributed by atoms with Gasteiger partial charge in [-0.05, 0) is 37.8 Å². The summed E-state index contributed by atoms with van der Waals surface area (Å²) in [5, 5.41) is 2.88. The Hall–Kier alpha value is -1.55. The van der Waals surface area contributed by atoms with E-state index in [4.69, 9.17) is 10.5 Å². The molecule has 0 saturated carbocycles. The molecule has 0 fully saturated rings. The van der Waals surface area contributed by atoms with E-state index in [9.17, 15) is 4.79 Å². The molecular formula is C16H26N2O2. The number of anilines is 1. The monoisotopic (exact) mass is 278 g/mol. The van der Waals surface area contributed by atoms with Crippen LogP contribution in [0.2, 0.25) is 0 Å². The number of hydrogen-bond donors (Lipinski definition) is 2. The molecule has 0 saturated heterocycles. The second kappa shape index (κ2) is 8.59. The second-order valence-corrected chi connectivity index (χ2v) is 5.65. The third-order valence-corrected chi connectivity index (χ3v) is 2.76. The summed E-state index contributed by atoms with van der Waals surface area (Å²) in [7, 11) is 0. The third kappa shape index (κ3) is 7.14. The van der Waals surface area contributed by atoms with Gasteiger partial charge in [-0.15, -0.1) is 0 Å². The predicted molar refractivity (Wildman–Crippen MR) is 82.9 cm³/mol. The summed E-state index contributed by atoms with van der Waals surface area (Å²) in [5.74, 6) is 1.28. The minimum atomic E-state index is 0.0201. The Kier molecular flexibility index (Phi) is 7.09. The lowest BCUT2D eigenvalue weighted by Gasteiger charge is -2.11. The minimum absolute atomic E-state index is 0.0201. The molecule has 0 aliphatic carbocycles. The van der Waals surface area contributed by atoms with Gasteiger partial charge in [-0.3, -0.25) is 4.79 Å². The molecule has 1 atom stereocenters. The molecule has 1 aromatic carbocycles. The van der Waals surface area contributed by atoms with Crippen molar-refractivity contribution < 1.29 is 9.53 Å². The zero-order valence-electron chi connectivity index (χ0n) is 12.7. The van der Waals surface area contributed by atoms with Crippen molar-refractivity contribution in [3.05, 3.63) is 24.3 Å². The number of nitrogens with one attached hydrogen (secondary N) is 1. The number of ether oxygens (including phenoxy) is 1. The Morgan fingerprint density at radius 3 is 2.75 bits per heavy atom. The van der Waals surface area contributed by atoms with Crippen LogP contribution in [0.3, 0.4) is 0 Å². The average Bonchev–Trinajstić information content (AvgIpc) is 2.36. The summed E-state index contributed by atoms with van der Waals surface area (Å²) in [6, 6.07) is 7.65. The van der Waals surface area contributed by atoms with Crippen molar-refractivity contribution >= 4 is 11.6 Å². The molecule has 4 nitrogen and oxygen atoms in total. The SMILES string of the molecule is CC(C)COc1cccc(NC(=O)CCCC(C)N)c1. The third-order valence-electron chi connectivity index (χ3n) is 2.76. The van der Waals surface area contributed by atoms with Crippen molar-refractivity contribution in [3.63, 3.8) is 0 Å². The largest absolute Gasteiger partial charge is 0.493 e. The van der Waals surface area contributed by atoms with E-state index in [0.29, 0.717) is 18.9 Å².